The van der Waals surface area contributed by atoms with Gasteiger partial charge in [0.05, 0.1) is 12.2 Å². The van der Waals surface area contributed by atoms with Crippen molar-refractivity contribution in [3.05, 3.63) is 69.7 Å². The van der Waals surface area contributed by atoms with Crippen LogP contribution in [0.15, 0.2) is 48.5 Å². The first-order valence-electron chi connectivity index (χ1n) is 9.89. The first-order valence-corrected chi connectivity index (χ1v) is 11.1. The van der Waals surface area contributed by atoms with Crippen LogP contribution in [-0.4, -0.2) is 32.1 Å². The number of aryl methyl sites for hydroxylation is 1. The van der Waals surface area contributed by atoms with Gasteiger partial charge in [0.15, 0.2) is 5.82 Å². The average molecular weight is 438 g/mol. The Morgan fingerprint density at radius 2 is 2.00 bits per heavy atom. The van der Waals surface area contributed by atoms with Gasteiger partial charge in [0.1, 0.15) is 0 Å². The number of nitrogens with zero attached hydrogens (tertiary/aromatic N) is 4. The molecule has 5 rings (SSSR count). The summed E-state index contributed by atoms with van der Waals surface area (Å²) in [5.74, 6) is 0.692. The number of para-hydroxylation sites is 1. The lowest BCUT2D eigenvalue weighted by Crippen LogP contribution is -2.38. The molecule has 0 saturated carbocycles. The third-order valence-electron chi connectivity index (χ3n) is 5.35. The van der Waals surface area contributed by atoms with Gasteiger partial charge in [0.2, 0.25) is 4.96 Å². The van der Waals surface area contributed by atoms with Gasteiger partial charge in [-0.1, -0.05) is 48.1 Å². The highest BCUT2D eigenvalue weighted by Crippen LogP contribution is 2.30. The second kappa shape index (κ2) is 7.74. The number of carbonyl (C=O) groups excluding carboxylic acids is 1. The highest BCUT2D eigenvalue weighted by atomic mass is 35.5. The topological polar surface area (TPSA) is 62.5 Å². The molecule has 0 bridgehead atoms. The average Bonchev–Trinajstić information content (AvgIpc) is 3.32. The van der Waals surface area contributed by atoms with E-state index in [9.17, 15) is 4.79 Å². The maximum absolute atomic E-state index is 12.8. The monoisotopic (exact) mass is 437 g/mol. The molecular formula is C22H20ClN5OS. The molecule has 1 N–H and O–H groups in total. The van der Waals surface area contributed by atoms with Crippen LogP contribution in [0.5, 0.6) is 0 Å². The molecule has 0 fully saturated rings. The van der Waals surface area contributed by atoms with Crippen molar-refractivity contribution >= 4 is 39.6 Å². The van der Waals surface area contributed by atoms with E-state index in [4.69, 9.17) is 16.7 Å². The first kappa shape index (κ1) is 19.1. The molecule has 30 heavy (non-hydrogen) atoms. The minimum Gasteiger partial charge on any atom is -0.319 e. The molecular weight excluding hydrogens is 418 g/mol. The predicted molar refractivity (Wildman–Crippen MR) is 120 cm³/mol. The number of benzene rings is 2. The van der Waals surface area contributed by atoms with Crippen molar-refractivity contribution in [2.75, 3.05) is 11.9 Å². The van der Waals surface area contributed by atoms with Gasteiger partial charge in [-0.15, -0.1) is 5.10 Å². The van der Waals surface area contributed by atoms with Crippen LogP contribution < -0.4 is 5.32 Å². The molecule has 0 spiro atoms. The summed E-state index contributed by atoms with van der Waals surface area (Å²) in [5.41, 5.74) is 4.10. The Kier molecular flexibility index (Phi) is 4.92. The summed E-state index contributed by atoms with van der Waals surface area (Å²) in [4.78, 5) is 21.4. The van der Waals surface area contributed by atoms with Gasteiger partial charge in [-0.3, -0.25) is 0 Å². The van der Waals surface area contributed by atoms with E-state index in [2.05, 4.69) is 17.2 Å². The van der Waals surface area contributed by atoms with Crippen LogP contribution in [0.1, 0.15) is 23.1 Å². The van der Waals surface area contributed by atoms with E-state index in [1.165, 1.54) is 0 Å². The molecule has 4 aromatic rings. The van der Waals surface area contributed by atoms with E-state index < -0.39 is 0 Å². The Labute approximate surface area is 183 Å². The second-order valence-corrected chi connectivity index (χ2v) is 8.72. The van der Waals surface area contributed by atoms with E-state index in [0.717, 1.165) is 45.2 Å². The van der Waals surface area contributed by atoms with Crippen molar-refractivity contribution in [2.45, 2.75) is 26.3 Å². The van der Waals surface area contributed by atoms with Crippen LogP contribution in [0.2, 0.25) is 5.02 Å². The molecule has 0 unspecified atom stereocenters. The van der Waals surface area contributed by atoms with Crippen molar-refractivity contribution in [1.29, 1.82) is 0 Å². The van der Waals surface area contributed by atoms with E-state index >= 15 is 0 Å². The Bertz CT molecular complexity index is 1230. The third-order valence-corrected chi connectivity index (χ3v) is 6.66. The van der Waals surface area contributed by atoms with Crippen LogP contribution >= 0.6 is 22.9 Å². The fourth-order valence-electron chi connectivity index (χ4n) is 3.73. The summed E-state index contributed by atoms with van der Waals surface area (Å²) in [7, 11) is 0. The van der Waals surface area contributed by atoms with Crippen molar-refractivity contribution in [2.24, 2.45) is 0 Å². The second-order valence-electron chi connectivity index (χ2n) is 7.22. The molecule has 152 valence electrons. The van der Waals surface area contributed by atoms with Crippen LogP contribution in [0.4, 0.5) is 10.5 Å². The number of carbonyl (C=O) groups is 1. The summed E-state index contributed by atoms with van der Waals surface area (Å²) < 4.78 is 1.92. The Morgan fingerprint density at radius 1 is 1.20 bits per heavy atom. The molecule has 6 nitrogen and oxygen atoms in total. The van der Waals surface area contributed by atoms with Gasteiger partial charge >= 0.3 is 6.03 Å². The molecule has 2 aromatic heterocycles. The number of hydrogen-bond acceptors (Lipinski definition) is 4. The predicted octanol–water partition coefficient (Wildman–Crippen LogP) is 5.26. The zero-order valence-electron chi connectivity index (χ0n) is 16.4. The quantitative estimate of drug-likeness (QED) is 0.475. The summed E-state index contributed by atoms with van der Waals surface area (Å²) in [6, 6.07) is 15.4. The van der Waals surface area contributed by atoms with E-state index in [1.54, 1.807) is 11.3 Å². The number of aromatic nitrogens is 3. The maximum atomic E-state index is 12.8. The minimum atomic E-state index is -0.0672. The molecule has 1 aliphatic heterocycles. The molecule has 3 heterocycles. The number of thiazole rings is 1. The number of hydrogen-bond donors (Lipinski definition) is 1. The maximum Gasteiger partial charge on any atom is 0.322 e. The van der Waals surface area contributed by atoms with Crippen molar-refractivity contribution in [1.82, 2.24) is 19.5 Å². The summed E-state index contributed by atoms with van der Waals surface area (Å²) in [6.45, 7) is 3.31. The van der Waals surface area contributed by atoms with E-state index in [0.29, 0.717) is 23.9 Å². The molecule has 0 saturated heterocycles. The van der Waals surface area contributed by atoms with Crippen molar-refractivity contribution in [3.63, 3.8) is 0 Å². The van der Waals surface area contributed by atoms with Crippen molar-refractivity contribution < 1.29 is 4.79 Å². The molecule has 1 aliphatic rings. The van der Waals surface area contributed by atoms with E-state index in [-0.39, 0.29) is 6.03 Å². The summed E-state index contributed by atoms with van der Waals surface area (Å²) in [5, 5.41) is 8.46. The van der Waals surface area contributed by atoms with Gasteiger partial charge in [0, 0.05) is 34.1 Å². The zero-order valence-corrected chi connectivity index (χ0v) is 18.0. The normalized spacial score (nSPS) is 13.5. The lowest BCUT2D eigenvalue weighted by molar-refractivity contribution is 0.206. The number of halogens is 1. The van der Waals surface area contributed by atoms with Gasteiger partial charge in [-0.2, -0.15) is 4.98 Å². The van der Waals surface area contributed by atoms with Crippen LogP contribution in [0.3, 0.4) is 0 Å². The van der Waals surface area contributed by atoms with Gasteiger partial charge in [-0.25, -0.2) is 9.31 Å². The minimum absolute atomic E-state index is 0.0672. The van der Waals surface area contributed by atoms with Crippen LogP contribution in [-0.2, 0) is 19.4 Å². The largest absolute Gasteiger partial charge is 0.322 e. The number of urea groups is 1. The molecule has 0 aliphatic carbocycles. The smallest absolute Gasteiger partial charge is 0.319 e. The number of amides is 2. The summed E-state index contributed by atoms with van der Waals surface area (Å²) in [6.07, 6.45) is 1.63. The number of fused-ring (bicyclic) bond motifs is 3. The third kappa shape index (κ3) is 3.44. The highest BCUT2D eigenvalue weighted by molar-refractivity contribution is 7.17. The first-order chi connectivity index (χ1) is 14.6. The SMILES string of the molecule is CCc1ccccc1NC(=O)N1CCc2c(sc3nc(-c4ccc(Cl)cc4)nn23)C1. The fraction of sp³-hybridized carbons (Fsp3) is 0.227. The van der Waals surface area contributed by atoms with Crippen LogP contribution in [0.25, 0.3) is 16.3 Å². The van der Waals surface area contributed by atoms with Gasteiger partial charge in [-0.05, 0) is 42.3 Å². The molecule has 8 heteroatoms. The molecule has 2 aromatic carbocycles. The molecule has 2 amide bonds. The molecule has 0 radical (unpaired) electrons. The highest BCUT2D eigenvalue weighted by Gasteiger charge is 2.26. The standard InChI is InChI=1S/C22H20ClN5OS/c1-2-14-5-3-4-6-17(14)24-21(29)27-12-11-18-19(13-27)30-22-25-20(26-28(18)22)15-7-9-16(23)10-8-15/h3-10H,2,11-13H2,1H3,(H,24,29). The lowest BCUT2D eigenvalue weighted by atomic mass is 10.1. The Balaban J connectivity index is 1.36. The number of rotatable bonds is 3. The Morgan fingerprint density at radius 3 is 2.80 bits per heavy atom. The Hall–Kier alpha value is -2.90. The van der Waals surface area contributed by atoms with Crippen molar-refractivity contribution in [3.8, 4) is 11.4 Å². The zero-order chi connectivity index (χ0) is 20.7. The van der Waals surface area contributed by atoms with Gasteiger partial charge in [0.25, 0.3) is 0 Å². The lowest BCUT2D eigenvalue weighted by Gasteiger charge is -2.27. The fourth-order valence-corrected chi connectivity index (χ4v) is 4.97. The number of nitrogens with one attached hydrogen (secondary N) is 1. The van der Waals surface area contributed by atoms with E-state index in [1.807, 2.05) is 57.9 Å². The molecule has 0 atom stereocenters. The van der Waals surface area contributed by atoms with Gasteiger partial charge < -0.3 is 10.2 Å². The number of anilines is 1. The summed E-state index contributed by atoms with van der Waals surface area (Å²) >= 11 is 7.57. The van der Waals surface area contributed by atoms with Crippen LogP contribution in [0, 0.1) is 0 Å².